The predicted octanol–water partition coefficient (Wildman–Crippen LogP) is 3.66. The lowest BCUT2D eigenvalue weighted by atomic mass is 10.3. The van der Waals surface area contributed by atoms with E-state index in [1.807, 2.05) is 30.3 Å². The monoisotopic (exact) mass is 324 g/mol. The zero-order valence-corrected chi connectivity index (χ0v) is 12.8. The normalized spacial score (nSPS) is 11.3. The average Bonchev–Trinajstić information content (AvgIpc) is 2.56. The van der Waals surface area contributed by atoms with Gasteiger partial charge in [0.05, 0.1) is 17.2 Å². The van der Waals surface area contributed by atoms with Gasteiger partial charge >= 0.3 is 6.03 Å². The number of amides is 2. The molecule has 3 rings (SSSR count). The highest BCUT2D eigenvalue weighted by Gasteiger charge is 2.00. The van der Waals surface area contributed by atoms with E-state index in [1.165, 1.54) is 6.20 Å². The number of anilines is 1. The second-order valence-electron chi connectivity index (χ2n) is 4.72. The van der Waals surface area contributed by atoms with E-state index in [9.17, 15) is 4.79 Å². The van der Waals surface area contributed by atoms with Gasteiger partial charge in [-0.3, -0.25) is 0 Å². The number of carbonyl (C=O) groups is 1. The number of hydrogen-bond acceptors (Lipinski definition) is 2. The van der Waals surface area contributed by atoms with E-state index in [4.69, 9.17) is 11.6 Å². The summed E-state index contributed by atoms with van der Waals surface area (Å²) in [5, 5.41) is 7.92. The number of hydrogen-bond donors (Lipinski definition) is 1. The summed E-state index contributed by atoms with van der Waals surface area (Å²) in [5.74, 6) is 0. The number of urea groups is 1. The van der Waals surface area contributed by atoms with Crippen molar-refractivity contribution >= 4 is 23.3 Å². The largest absolute Gasteiger partial charge is 0.345 e. The molecule has 0 aliphatic rings. The highest BCUT2D eigenvalue weighted by molar-refractivity contribution is 6.30. The van der Waals surface area contributed by atoms with Crippen molar-refractivity contribution in [3.63, 3.8) is 0 Å². The molecular weight excluding hydrogens is 312 g/mol. The van der Waals surface area contributed by atoms with Gasteiger partial charge in [0.2, 0.25) is 0 Å². The summed E-state index contributed by atoms with van der Waals surface area (Å²) in [6, 6.07) is 17.8. The van der Waals surface area contributed by atoms with Gasteiger partial charge in [-0.2, -0.15) is 10.1 Å². The van der Waals surface area contributed by atoms with Crippen LogP contribution >= 0.6 is 11.6 Å². The van der Waals surface area contributed by atoms with Crippen LogP contribution < -0.4 is 10.7 Å². The molecule has 0 aliphatic heterocycles. The zero-order chi connectivity index (χ0) is 16.1. The Morgan fingerprint density at radius 1 is 1.09 bits per heavy atom. The van der Waals surface area contributed by atoms with Crippen LogP contribution in [0.1, 0.15) is 0 Å². The molecular formula is C17H13ClN4O. The molecule has 0 bridgehead atoms. The number of halogens is 1. The minimum atomic E-state index is -0.480. The van der Waals surface area contributed by atoms with Crippen LogP contribution in [-0.2, 0) is 0 Å². The van der Waals surface area contributed by atoms with E-state index in [0.29, 0.717) is 16.1 Å². The van der Waals surface area contributed by atoms with Crippen LogP contribution in [-0.4, -0.2) is 15.8 Å². The Bertz CT molecular complexity index is 870. The molecule has 2 aromatic carbocycles. The first-order valence-electron chi connectivity index (χ1n) is 6.92. The van der Waals surface area contributed by atoms with Gasteiger partial charge in [0.15, 0.2) is 0 Å². The van der Waals surface area contributed by atoms with Crippen LogP contribution in [0.3, 0.4) is 0 Å². The summed E-state index contributed by atoms with van der Waals surface area (Å²) in [6.45, 7) is 0. The molecule has 0 fully saturated rings. The Hall–Kier alpha value is -2.92. The lowest BCUT2D eigenvalue weighted by molar-refractivity contribution is 0.259. The highest BCUT2D eigenvalue weighted by atomic mass is 35.5. The molecule has 0 saturated heterocycles. The maximum Gasteiger partial charge on any atom is 0.345 e. The summed E-state index contributed by atoms with van der Waals surface area (Å²) < 4.78 is 1.70. The molecule has 2 amide bonds. The molecule has 0 spiro atoms. The van der Waals surface area contributed by atoms with E-state index in [1.54, 1.807) is 41.2 Å². The number of nitrogens with zero attached hydrogens (tertiary/aromatic N) is 3. The molecule has 0 atom stereocenters. The van der Waals surface area contributed by atoms with Crippen LogP contribution in [0, 0.1) is 0 Å². The van der Waals surface area contributed by atoms with Crippen LogP contribution in [0.2, 0.25) is 5.02 Å². The summed E-state index contributed by atoms with van der Waals surface area (Å²) in [4.78, 5) is 15.8. The average molecular weight is 325 g/mol. The third-order valence-electron chi connectivity index (χ3n) is 3.03. The second-order valence-corrected chi connectivity index (χ2v) is 5.15. The highest BCUT2D eigenvalue weighted by Crippen LogP contribution is 2.14. The van der Waals surface area contributed by atoms with Gasteiger partial charge in [-0.1, -0.05) is 35.9 Å². The number of carbonyl (C=O) groups excluding carboxylic acids is 1. The molecule has 0 aliphatic carbocycles. The molecule has 23 heavy (non-hydrogen) atoms. The third kappa shape index (κ3) is 4.05. The summed E-state index contributed by atoms with van der Waals surface area (Å²) in [6.07, 6.45) is 3.28. The van der Waals surface area contributed by atoms with E-state index < -0.39 is 6.03 Å². The van der Waals surface area contributed by atoms with Gasteiger partial charge in [0.25, 0.3) is 0 Å². The number of benzene rings is 2. The number of rotatable bonds is 2. The third-order valence-corrected chi connectivity index (χ3v) is 3.26. The molecule has 1 N–H and O–H groups in total. The van der Waals surface area contributed by atoms with E-state index in [0.717, 1.165) is 5.69 Å². The lowest BCUT2D eigenvalue weighted by Gasteiger charge is -2.04. The lowest BCUT2D eigenvalue weighted by Crippen LogP contribution is -2.14. The van der Waals surface area contributed by atoms with Gasteiger partial charge < -0.3 is 5.32 Å². The van der Waals surface area contributed by atoms with Gasteiger partial charge in [-0.05, 0) is 36.4 Å². The molecule has 6 heteroatoms. The van der Waals surface area contributed by atoms with Crippen molar-refractivity contribution in [2.24, 2.45) is 4.99 Å². The van der Waals surface area contributed by atoms with Crippen molar-refractivity contribution in [2.45, 2.75) is 0 Å². The number of aromatic nitrogens is 2. The van der Waals surface area contributed by atoms with Gasteiger partial charge in [0.1, 0.15) is 0 Å². The molecule has 3 aromatic rings. The Balaban J connectivity index is 1.76. The predicted molar refractivity (Wildman–Crippen MR) is 89.6 cm³/mol. The Morgan fingerprint density at radius 2 is 1.91 bits per heavy atom. The summed E-state index contributed by atoms with van der Waals surface area (Å²) in [7, 11) is 0. The van der Waals surface area contributed by atoms with Gasteiger partial charge in [-0.15, -0.1) is 0 Å². The first-order chi connectivity index (χ1) is 11.2. The molecule has 1 heterocycles. The molecule has 1 aromatic heterocycles. The Labute approximate surface area is 137 Å². The first kappa shape index (κ1) is 15.0. The maximum atomic E-state index is 11.9. The van der Waals surface area contributed by atoms with Crippen LogP contribution in [0.4, 0.5) is 10.5 Å². The van der Waals surface area contributed by atoms with Gasteiger partial charge in [0, 0.05) is 16.9 Å². The van der Waals surface area contributed by atoms with E-state index in [2.05, 4.69) is 15.4 Å². The van der Waals surface area contributed by atoms with E-state index in [-0.39, 0.29) is 0 Å². The minimum absolute atomic E-state index is 0.469. The van der Waals surface area contributed by atoms with Crippen molar-refractivity contribution < 1.29 is 4.79 Å². The van der Waals surface area contributed by atoms with Gasteiger partial charge in [-0.25, -0.2) is 9.48 Å². The summed E-state index contributed by atoms with van der Waals surface area (Å²) in [5.41, 5.74) is 1.52. The Morgan fingerprint density at radius 3 is 2.61 bits per heavy atom. The maximum absolute atomic E-state index is 11.9. The second kappa shape index (κ2) is 6.89. The number of nitrogens with one attached hydrogen (secondary N) is 1. The fourth-order valence-corrected chi connectivity index (χ4v) is 2.17. The van der Waals surface area contributed by atoms with Crippen LogP contribution in [0.15, 0.2) is 78.0 Å². The zero-order valence-electron chi connectivity index (χ0n) is 12.1. The Kier molecular flexibility index (Phi) is 4.49. The van der Waals surface area contributed by atoms with Crippen LogP contribution in [0.5, 0.6) is 0 Å². The summed E-state index contributed by atoms with van der Waals surface area (Å²) >= 11 is 5.87. The van der Waals surface area contributed by atoms with Crippen molar-refractivity contribution in [1.82, 2.24) is 9.78 Å². The number of para-hydroxylation sites is 1. The fourth-order valence-electron chi connectivity index (χ4n) is 1.98. The molecule has 0 radical (unpaired) electrons. The smallest absolute Gasteiger partial charge is 0.306 e. The van der Waals surface area contributed by atoms with E-state index >= 15 is 0 Å². The van der Waals surface area contributed by atoms with Crippen molar-refractivity contribution in [3.05, 3.63) is 83.4 Å². The molecule has 0 unspecified atom stereocenters. The topological polar surface area (TPSA) is 59.3 Å². The van der Waals surface area contributed by atoms with Crippen molar-refractivity contribution in [1.29, 1.82) is 0 Å². The van der Waals surface area contributed by atoms with Crippen molar-refractivity contribution in [2.75, 3.05) is 5.32 Å². The first-order valence-corrected chi connectivity index (χ1v) is 7.30. The molecule has 0 saturated carbocycles. The molecule has 114 valence electrons. The van der Waals surface area contributed by atoms with Crippen molar-refractivity contribution in [3.8, 4) is 5.69 Å². The quantitative estimate of drug-likeness (QED) is 0.782. The molecule has 5 nitrogen and oxygen atoms in total. The standard InChI is InChI=1S/C17H13ClN4O/c18-13-5-4-6-14(11-13)20-17(23)21-15-9-10-22(19-12-15)16-7-2-1-3-8-16/h1-12H,(H,20,23). The fraction of sp³-hybridized carbons (Fsp3) is 0. The minimum Gasteiger partial charge on any atom is -0.306 e. The SMILES string of the molecule is O=C(N=c1ccn(-c2ccccc2)nc1)Nc1cccc(Cl)c1. The van der Waals surface area contributed by atoms with Crippen LogP contribution in [0.25, 0.3) is 5.69 Å².